The monoisotopic (exact) mass is 221 g/mol. The average molecular weight is 221 g/mol. The summed E-state index contributed by atoms with van der Waals surface area (Å²) >= 11 is 0. The van der Waals surface area contributed by atoms with Crippen molar-refractivity contribution in [2.24, 2.45) is 5.73 Å². The lowest BCUT2D eigenvalue weighted by Gasteiger charge is -2.16. The predicted octanol–water partition coefficient (Wildman–Crippen LogP) is -0.795. The van der Waals surface area contributed by atoms with Crippen LogP contribution in [0.5, 0.6) is 5.75 Å². The van der Waals surface area contributed by atoms with Crippen LogP contribution in [0.3, 0.4) is 0 Å². The molecule has 0 amide bonds. The van der Waals surface area contributed by atoms with Crippen LogP contribution < -0.4 is 10.4 Å². The van der Waals surface area contributed by atoms with Crippen LogP contribution in [0.4, 0.5) is 0 Å². The Morgan fingerprint density at radius 2 is 2.12 bits per heavy atom. The molecule has 1 unspecified atom stereocenters. The zero-order valence-corrected chi connectivity index (χ0v) is 8.64. The molecule has 0 saturated heterocycles. The Balaban J connectivity index is 2.27. The number of carboxylic acids is 1. The van der Waals surface area contributed by atoms with Crippen molar-refractivity contribution >= 4 is 13.7 Å². The summed E-state index contributed by atoms with van der Waals surface area (Å²) in [7, 11) is -0.397. The van der Waals surface area contributed by atoms with E-state index in [1.54, 1.807) is 18.2 Å². The first-order valence-corrected chi connectivity index (χ1v) is 4.93. The largest absolute Gasteiger partial charge is 0.539 e. The maximum absolute atomic E-state index is 11.0. The number of aliphatic carboxylic acids is 1. The molecule has 4 N–H and O–H groups in total. The standard InChI is InChI=1S/C10H12BNO4/c12-10(9(13)14)4-6-1-2-8(16-11-15)3-7(6)5-10/h1-3,11,15H,4-5,12H2,(H,13,14). The van der Waals surface area contributed by atoms with E-state index in [1.165, 1.54) is 0 Å². The van der Waals surface area contributed by atoms with Crippen LogP contribution in [0.1, 0.15) is 11.1 Å². The average Bonchev–Trinajstić information content (AvgIpc) is 2.55. The van der Waals surface area contributed by atoms with Crippen molar-refractivity contribution in [2.45, 2.75) is 18.4 Å². The summed E-state index contributed by atoms with van der Waals surface area (Å²) in [5.41, 5.74) is 6.38. The summed E-state index contributed by atoms with van der Waals surface area (Å²) in [4.78, 5) is 11.0. The highest BCUT2D eigenvalue weighted by molar-refractivity contribution is 6.17. The molecule has 84 valence electrons. The Morgan fingerprint density at radius 1 is 1.44 bits per heavy atom. The van der Waals surface area contributed by atoms with Gasteiger partial charge in [-0.05, 0) is 23.3 Å². The van der Waals surface area contributed by atoms with Gasteiger partial charge in [0, 0.05) is 12.8 Å². The fraction of sp³-hybridized carbons (Fsp3) is 0.300. The number of rotatable bonds is 3. The molecule has 16 heavy (non-hydrogen) atoms. The molecule has 5 nitrogen and oxygen atoms in total. The van der Waals surface area contributed by atoms with Crippen LogP contribution in [0.25, 0.3) is 0 Å². The lowest BCUT2D eigenvalue weighted by molar-refractivity contribution is -0.142. The lowest BCUT2D eigenvalue weighted by atomic mass is 9.98. The van der Waals surface area contributed by atoms with E-state index in [-0.39, 0.29) is 0 Å². The van der Waals surface area contributed by atoms with Gasteiger partial charge in [0.2, 0.25) is 0 Å². The van der Waals surface area contributed by atoms with E-state index in [9.17, 15) is 4.79 Å². The first kappa shape index (κ1) is 11.0. The number of hydrogen-bond donors (Lipinski definition) is 3. The summed E-state index contributed by atoms with van der Waals surface area (Å²) in [5, 5.41) is 17.6. The molecule has 0 spiro atoms. The van der Waals surface area contributed by atoms with Gasteiger partial charge in [0.25, 0.3) is 0 Å². The zero-order valence-electron chi connectivity index (χ0n) is 8.64. The number of hydrogen-bond acceptors (Lipinski definition) is 4. The van der Waals surface area contributed by atoms with Crippen molar-refractivity contribution in [3.63, 3.8) is 0 Å². The second-order valence-corrected chi connectivity index (χ2v) is 4.02. The molecule has 1 atom stereocenters. The number of nitrogens with two attached hydrogens (primary N) is 1. The van der Waals surface area contributed by atoms with Crippen molar-refractivity contribution in [1.82, 2.24) is 0 Å². The van der Waals surface area contributed by atoms with Gasteiger partial charge in [0.05, 0.1) is 0 Å². The SMILES string of the molecule is NC1(C(=O)O)Cc2ccc(OBO)cc2C1. The van der Waals surface area contributed by atoms with Crippen LogP contribution in [0, 0.1) is 0 Å². The third-order valence-corrected chi connectivity index (χ3v) is 2.85. The number of fused-ring (bicyclic) bond motifs is 1. The minimum Gasteiger partial charge on any atom is -0.539 e. The third-order valence-electron chi connectivity index (χ3n) is 2.85. The Hall–Kier alpha value is -1.53. The first-order valence-electron chi connectivity index (χ1n) is 4.93. The Bertz CT molecular complexity index is 437. The van der Waals surface area contributed by atoms with E-state index in [2.05, 4.69) is 0 Å². The first-order chi connectivity index (χ1) is 7.55. The normalized spacial score (nSPS) is 22.6. The molecule has 0 aliphatic heterocycles. The van der Waals surface area contributed by atoms with Gasteiger partial charge in [0.1, 0.15) is 11.3 Å². The Kier molecular flexibility index (Phi) is 2.61. The van der Waals surface area contributed by atoms with Crippen LogP contribution >= 0.6 is 0 Å². The van der Waals surface area contributed by atoms with E-state index < -0.39 is 19.2 Å². The minimum absolute atomic E-state index is 0.292. The van der Waals surface area contributed by atoms with Crippen molar-refractivity contribution in [1.29, 1.82) is 0 Å². The molecule has 0 heterocycles. The zero-order chi connectivity index (χ0) is 11.8. The van der Waals surface area contributed by atoms with Gasteiger partial charge in [-0.15, -0.1) is 0 Å². The molecular formula is C10H12BNO4. The summed E-state index contributed by atoms with van der Waals surface area (Å²) in [6.07, 6.45) is 0.622. The predicted molar refractivity (Wildman–Crippen MR) is 58.4 cm³/mol. The summed E-state index contributed by atoms with van der Waals surface area (Å²) in [6, 6.07) is 5.21. The van der Waals surface area contributed by atoms with E-state index >= 15 is 0 Å². The third kappa shape index (κ3) is 1.77. The number of benzene rings is 1. The van der Waals surface area contributed by atoms with Crippen molar-refractivity contribution in [3.05, 3.63) is 29.3 Å². The topological polar surface area (TPSA) is 92.8 Å². The fourth-order valence-corrected chi connectivity index (χ4v) is 2.00. The van der Waals surface area contributed by atoms with Crippen molar-refractivity contribution in [3.8, 4) is 5.75 Å². The molecule has 0 aromatic heterocycles. The fourth-order valence-electron chi connectivity index (χ4n) is 2.00. The van der Waals surface area contributed by atoms with Crippen LogP contribution in [0.15, 0.2) is 18.2 Å². The van der Waals surface area contributed by atoms with Gasteiger partial charge in [-0.3, -0.25) is 4.79 Å². The maximum atomic E-state index is 11.0. The van der Waals surface area contributed by atoms with Gasteiger partial charge in [0.15, 0.2) is 0 Å². The van der Waals surface area contributed by atoms with E-state index in [0.717, 1.165) is 11.1 Å². The van der Waals surface area contributed by atoms with Gasteiger partial charge >= 0.3 is 13.7 Å². The summed E-state index contributed by atoms with van der Waals surface area (Å²) < 4.78 is 4.93. The highest BCUT2D eigenvalue weighted by Gasteiger charge is 2.40. The van der Waals surface area contributed by atoms with E-state index in [0.29, 0.717) is 18.6 Å². The molecule has 2 rings (SSSR count). The molecule has 0 radical (unpaired) electrons. The highest BCUT2D eigenvalue weighted by atomic mass is 16.5. The van der Waals surface area contributed by atoms with Gasteiger partial charge in [-0.25, -0.2) is 0 Å². The molecule has 1 aromatic rings. The molecule has 0 bridgehead atoms. The molecule has 0 fully saturated rings. The maximum Gasteiger partial charge on any atom is 0.504 e. The smallest absolute Gasteiger partial charge is 0.504 e. The van der Waals surface area contributed by atoms with Gasteiger partial charge in [-0.1, -0.05) is 6.07 Å². The van der Waals surface area contributed by atoms with Gasteiger partial charge < -0.3 is 20.5 Å². The Morgan fingerprint density at radius 3 is 2.75 bits per heavy atom. The van der Waals surface area contributed by atoms with Crippen molar-refractivity contribution in [2.75, 3.05) is 0 Å². The summed E-state index contributed by atoms with van der Waals surface area (Å²) in [5.74, 6) is -0.468. The van der Waals surface area contributed by atoms with E-state index in [4.69, 9.17) is 20.5 Å². The highest BCUT2D eigenvalue weighted by Crippen LogP contribution is 2.31. The number of carbonyl (C=O) groups is 1. The molecule has 6 heteroatoms. The molecule has 1 aliphatic rings. The second kappa shape index (κ2) is 3.81. The lowest BCUT2D eigenvalue weighted by Crippen LogP contribution is -2.48. The minimum atomic E-state index is -1.21. The molecular weight excluding hydrogens is 209 g/mol. The molecule has 1 aliphatic carbocycles. The van der Waals surface area contributed by atoms with Crippen LogP contribution in [0.2, 0.25) is 0 Å². The van der Waals surface area contributed by atoms with Crippen LogP contribution in [-0.4, -0.2) is 29.3 Å². The Labute approximate surface area is 93.1 Å². The summed E-state index contributed by atoms with van der Waals surface area (Å²) in [6.45, 7) is 0. The van der Waals surface area contributed by atoms with E-state index in [1.807, 2.05) is 0 Å². The van der Waals surface area contributed by atoms with Crippen LogP contribution in [-0.2, 0) is 17.6 Å². The number of carboxylic acid groups (broad SMARTS) is 1. The van der Waals surface area contributed by atoms with Gasteiger partial charge in [-0.2, -0.15) is 0 Å². The van der Waals surface area contributed by atoms with Crippen molar-refractivity contribution < 1.29 is 19.6 Å². The molecule has 0 saturated carbocycles. The molecule has 1 aromatic carbocycles. The second-order valence-electron chi connectivity index (χ2n) is 4.02. The quantitative estimate of drug-likeness (QED) is 0.581.